The third-order valence-electron chi connectivity index (χ3n) is 5.57. The second kappa shape index (κ2) is 7.42. The average Bonchev–Trinajstić information content (AvgIpc) is 2.62. The van der Waals surface area contributed by atoms with E-state index in [-0.39, 0.29) is 0 Å². The molecule has 0 atom stereocenters. The first kappa shape index (κ1) is 17.7. The van der Waals surface area contributed by atoms with Gasteiger partial charge in [0.2, 0.25) is 10.0 Å². The molecule has 2 heterocycles. The van der Waals surface area contributed by atoms with Gasteiger partial charge in [0.1, 0.15) is 0 Å². The van der Waals surface area contributed by atoms with Gasteiger partial charge in [0.15, 0.2) is 0 Å². The van der Waals surface area contributed by atoms with Gasteiger partial charge >= 0.3 is 0 Å². The molecule has 1 aromatic rings. The Balaban J connectivity index is 1.60. The molecule has 2 aliphatic heterocycles. The van der Waals surface area contributed by atoms with E-state index < -0.39 is 10.0 Å². The third kappa shape index (κ3) is 3.76. The second-order valence-electron chi connectivity index (χ2n) is 7.19. The molecular formula is C18H29N3O2S. The van der Waals surface area contributed by atoms with Gasteiger partial charge in [-0.05, 0) is 74.9 Å². The molecule has 2 aliphatic rings. The van der Waals surface area contributed by atoms with Crippen molar-refractivity contribution in [1.29, 1.82) is 0 Å². The largest absolute Gasteiger partial charge is 0.372 e. The van der Waals surface area contributed by atoms with Crippen LogP contribution in [0.2, 0.25) is 0 Å². The highest BCUT2D eigenvalue weighted by Gasteiger charge is 2.27. The summed E-state index contributed by atoms with van der Waals surface area (Å²) in [4.78, 5) is 2.75. The molecular weight excluding hydrogens is 322 g/mol. The molecule has 24 heavy (non-hydrogen) atoms. The maximum absolute atomic E-state index is 12.1. The quantitative estimate of drug-likeness (QED) is 0.903. The Morgan fingerprint density at radius 1 is 0.958 bits per heavy atom. The molecule has 0 bridgehead atoms. The van der Waals surface area contributed by atoms with Gasteiger partial charge in [-0.2, -0.15) is 0 Å². The van der Waals surface area contributed by atoms with Crippen molar-refractivity contribution in [1.82, 2.24) is 9.62 Å². The van der Waals surface area contributed by atoms with Crippen LogP contribution in [0.15, 0.2) is 29.2 Å². The molecule has 2 saturated heterocycles. The van der Waals surface area contributed by atoms with E-state index in [9.17, 15) is 8.42 Å². The maximum atomic E-state index is 12.1. The molecule has 3 rings (SSSR count). The number of anilines is 1. The fourth-order valence-corrected chi connectivity index (χ4v) is 4.89. The first-order valence-corrected chi connectivity index (χ1v) is 10.4. The summed E-state index contributed by atoms with van der Waals surface area (Å²) in [6.45, 7) is 4.50. The highest BCUT2D eigenvalue weighted by atomic mass is 32.2. The summed E-state index contributed by atoms with van der Waals surface area (Å²) in [6, 6.07) is 7.34. The number of rotatable bonds is 4. The standard InChI is InChI=1S/C18H29N3O2S/c1-20(2)24(22,23)18-5-3-17(4-6-18)21-13-9-16(10-14-21)15-7-11-19-12-8-15/h3-6,15-16,19H,7-14H2,1-2H3. The van der Waals surface area contributed by atoms with Crippen LogP contribution in [0.4, 0.5) is 5.69 Å². The SMILES string of the molecule is CN(C)S(=O)(=O)c1ccc(N2CCC(C3CCNCC3)CC2)cc1. The Hall–Kier alpha value is -1.11. The van der Waals surface area contributed by atoms with Crippen molar-refractivity contribution in [2.75, 3.05) is 45.2 Å². The van der Waals surface area contributed by atoms with Crippen LogP contribution in [0.3, 0.4) is 0 Å². The van der Waals surface area contributed by atoms with Crippen molar-refractivity contribution in [3.05, 3.63) is 24.3 Å². The molecule has 0 aromatic heterocycles. The van der Waals surface area contributed by atoms with Gasteiger partial charge in [-0.15, -0.1) is 0 Å². The molecule has 134 valence electrons. The van der Waals surface area contributed by atoms with Crippen molar-refractivity contribution in [3.63, 3.8) is 0 Å². The van der Waals surface area contributed by atoms with E-state index in [0.29, 0.717) is 4.90 Å². The first-order chi connectivity index (χ1) is 11.5. The van der Waals surface area contributed by atoms with Crippen LogP contribution in [-0.4, -0.2) is 53.0 Å². The second-order valence-corrected chi connectivity index (χ2v) is 9.35. The van der Waals surface area contributed by atoms with Crippen molar-refractivity contribution in [3.8, 4) is 0 Å². The summed E-state index contributed by atoms with van der Waals surface area (Å²) < 4.78 is 25.5. The molecule has 5 nitrogen and oxygen atoms in total. The number of hydrogen-bond acceptors (Lipinski definition) is 4. The van der Waals surface area contributed by atoms with Crippen LogP contribution in [0.1, 0.15) is 25.7 Å². The van der Waals surface area contributed by atoms with Crippen molar-refractivity contribution in [2.45, 2.75) is 30.6 Å². The van der Waals surface area contributed by atoms with E-state index in [1.54, 1.807) is 26.2 Å². The Labute approximate surface area is 146 Å². The Morgan fingerprint density at radius 3 is 2.04 bits per heavy atom. The third-order valence-corrected chi connectivity index (χ3v) is 7.40. The van der Waals surface area contributed by atoms with E-state index in [0.717, 1.165) is 30.6 Å². The number of benzene rings is 1. The zero-order valence-corrected chi connectivity index (χ0v) is 15.6. The fourth-order valence-electron chi connectivity index (χ4n) is 3.98. The number of piperidine rings is 2. The first-order valence-electron chi connectivity index (χ1n) is 8.97. The Kier molecular flexibility index (Phi) is 5.47. The molecule has 0 radical (unpaired) electrons. The Morgan fingerprint density at radius 2 is 1.50 bits per heavy atom. The van der Waals surface area contributed by atoms with E-state index in [1.165, 1.54) is 43.1 Å². The lowest BCUT2D eigenvalue weighted by molar-refractivity contribution is 0.222. The molecule has 0 amide bonds. The highest BCUT2D eigenvalue weighted by molar-refractivity contribution is 7.89. The van der Waals surface area contributed by atoms with Crippen LogP contribution < -0.4 is 10.2 Å². The minimum Gasteiger partial charge on any atom is -0.372 e. The predicted octanol–water partition coefficient (Wildman–Crippen LogP) is 2.15. The maximum Gasteiger partial charge on any atom is 0.242 e. The van der Waals surface area contributed by atoms with Crippen molar-refractivity contribution < 1.29 is 8.42 Å². The lowest BCUT2D eigenvalue weighted by atomic mass is 9.79. The average molecular weight is 352 g/mol. The van der Waals surface area contributed by atoms with E-state index >= 15 is 0 Å². The smallest absolute Gasteiger partial charge is 0.242 e. The number of nitrogens with one attached hydrogen (secondary N) is 1. The lowest BCUT2D eigenvalue weighted by Crippen LogP contribution is -2.39. The number of nitrogens with zero attached hydrogens (tertiary/aromatic N) is 2. The van der Waals surface area contributed by atoms with Crippen molar-refractivity contribution in [2.24, 2.45) is 11.8 Å². The van der Waals surface area contributed by atoms with Gasteiger partial charge in [-0.3, -0.25) is 0 Å². The molecule has 2 fully saturated rings. The van der Waals surface area contributed by atoms with Crippen LogP contribution >= 0.6 is 0 Å². The summed E-state index contributed by atoms with van der Waals surface area (Å²) in [5, 5.41) is 3.45. The van der Waals surface area contributed by atoms with Crippen LogP contribution in [0.5, 0.6) is 0 Å². The van der Waals surface area contributed by atoms with Gasteiger partial charge < -0.3 is 10.2 Å². The molecule has 6 heteroatoms. The highest BCUT2D eigenvalue weighted by Crippen LogP contribution is 2.32. The lowest BCUT2D eigenvalue weighted by Gasteiger charge is -2.38. The molecule has 1 N–H and O–H groups in total. The molecule has 0 unspecified atom stereocenters. The van der Waals surface area contributed by atoms with E-state index in [2.05, 4.69) is 10.2 Å². The van der Waals surface area contributed by atoms with E-state index in [4.69, 9.17) is 0 Å². The van der Waals surface area contributed by atoms with Gasteiger partial charge in [-0.25, -0.2) is 12.7 Å². The normalized spacial score (nSPS) is 21.4. The number of sulfonamides is 1. The zero-order chi connectivity index (χ0) is 17.2. The van der Waals surface area contributed by atoms with Gasteiger partial charge in [-0.1, -0.05) is 0 Å². The van der Waals surface area contributed by atoms with Gasteiger partial charge in [0.25, 0.3) is 0 Å². The van der Waals surface area contributed by atoms with Gasteiger partial charge in [0.05, 0.1) is 4.90 Å². The van der Waals surface area contributed by atoms with E-state index in [1.807, 2.05) is 12.1 Å². The molecule has 0 spiro atoms. The summed E-state index contributed by atoms with van der Waals surface area (Å²) in [5.74, 6) is 1.75. The fraction of sp³-hybridized carbons (Fsp3) is 0.667. The molecule has 0 aliphatic carbocycles. The van der Waals surface area contributed by atoms with Crippen molar-refractivity contribution >= 4 is 15.7 Å². The molecule has 0 saturated carbocycles. The van der Waals surface area contributed by atoms with Gasteiger partial charge in [0, 0.05) is 32.9 Å². The minimum atomic E-state index is -3.34. The van der Waals surface area contributed by atoms with Crippen LogP contribution in [0, 0.1) is 11.8 Å². The van der Waals surface area contributed by atoms with Crippen LogP contribution in [0.25, 0.3) is 0 Å². The minimum absolute atomic E-state index is 0.362. The van der Waals surface area contributed by atoms with Crippen LogP contribution in [-0.2, 0) is 10.0 Å². The summed E-state index contributed by atoms with van der Waals surface area (Å²) in [7, 11) is -0.210. The monoisotopic (exact) mass is 351 g/mol. The predicted molar refractivity (Wildman–Crippen MR) is 97.8 cm³/mol. The summed E-state index contributed by atoms with van der Waals surface area (Å²) in [6.07, 6.45) is 5.15. The molecule has 1 aromatic carbocycles. The topological polar surface area (TPSA) is 52.7 Å². The Bertz CT molecular complexity index is 629. The summed E-state index contributed by atoms with van der Waals surface area (Å²) in [5.41, 5.74) is 1.14. The number of hydrogen-bond donors (Lipinski definition) is 1. The zero-order valence-electron chi connectivity index (χ0n) is 14.7. The summed E-state index contributed by atoms with van der Waals surface area (Å²) >= 11 is 0.